The van der Waals surface area contributed by atoms with Gasteiger partial charge in [-0.25, -0.2) is 9.98 Å². The molecular weight excluding hydrogens is 419 g/mol. The van der Waals surface area contributed by atoms with E-state index in [1.54, 1.807) is 11.3 Å². The Morgan fingerprint density at radius 3 is 2.65 bits per heavy atom. The minimum atomic E-state index is 0. The number of aryl methyl sites for hydroxylation is 2. The molecule has 6 heteroatoms. The van der Waals surface area contributed by atoms with Gasteiger partial charge in [-0.1, -0.05) is 24.3 Å². The van der Waals surface area contributed by atoms with Gasteiger partial charge < -0.3 is 10.2 Å². The zero-order valence-corrected chi connectivity index (χ0v) is 17.3. The Hall–Kier alpha value is -1.15. The molecule has 1 aromatic carbocycles. The van der Waals surface area contributed by atoms with Crippen LogP contribution in [0.2, 0.25) is 0 Å². The molecule has 23 heavy (non-hydrogen) atoms. The van der Waals surface area contributed by atoms with Crippen molar-refractivity contribution in [2.45, 2.75) is 33.9 Å². The number of hydrogen-bond acceptors (Lipinski definition) is 3. The third-order valence-corrected chi connectivity index (χ3v) is 4.50. The van der Waals surface area contributed by atoms with Crippen molar-refractivity contribution in [2.24, 2.45) is 4.99 Å². The Morgan fingerprint density at radius 1 is 1.30 bits per heavy atom. The van der Waals surface area contributed by atoms with Crippen molar-refractivity contribution < 1.29 is 0 Å². The number of guanidine groups is 1. The molecule has 0 bridgehead atoms. The molecule has 1 aromatic heterocycles. The molecule has 0 aliphatic carbocycles. The predicted molar refractivity (Wildman–Crippen MR) is 110 cm³/mol. The van der Waals surface area contributed by atoms with Gasteiger partial charge in [0.2, 0.25) is 0 Å². The lowest BCUT2D eigenvalue weighted by Crippen LogP contribution is -2.38. The Bertz CT molecular complexity index is 639. The van der Waals surface area contributed by atoms with Gasteiger partial charge in [0.25, 0.3) is 0 Å². The fourth-order valence-corrected chi connectivity index (χ4v) is 2.91. The molecule has 0 unspecified atom stereocenters. The molecule has 126 valence electrons. The van der Waals surface area contributed by atoms with Crippen LogP contribution in [0.25, 0.3) is 0 Å². The normalized spacial score (nSPS) is 11.0. The van der Waals surface area contributed by atoms with Crippen LogP contribution in [0.3, 0.4) is 0 Å². The molecule has 0 radical (unpaired) electrons. The molecule has 2 rings (SSSR count). The maximum absolute atomic E-state index is 4.74. The fourth-order valence-electron chi connectivity index (χ4n) is 2.21. The second-order valence-corrected chi connectivity index (χ2v) is 6.25. The lowest BCUT2D eigenvalue weighted by Gasteiger charge is -2.23. The van der Waals surface area contributed by atoms with Crippen molar-refractivity contribution in [3.8, 4) is 0 Å². The van der Waals surface area contributed by atoms with E-state index in [9.17, 15) is 0 Å². The summed E-state index contributed by atoms with van der Waals surface area (Å²) in [7, 11) is 2.08. The monoisotopic (exact) mass is 444 g/mol. The number of nitrogens with zero attached hydrogens (tertiary/aromatic N) is 3. The van der Waals surface area contributed by atoms with Crippen LogP contribution in [0.1, 0.15) is 28.6 Å². The number of halogens is 1. The van der Waals surface area contributed by atoms with E-state index in [-0.39, 0.29) is 24.0 Å². The van der Waals surface area contributed by atoms with Crippen LogP contribution in [0.15, 0.2) is 34.8 Å². The second-order valence-electron chi connectivity index (χ2n) is 5.31. The van der Waals surface area contributed by atoms with Crippen LogP contribution in [-0.2, 0) is 13.1 Å². The number of aromatic nitrogens is 1. The third kappa shape index (κ3) is 5.76. The van der Waals surface area contributed by atoms with Gasteiger partial charge in [-0.3, -0.25) is 0 Å². The second kappa shape index (κ2) is 9.87. The average Bonchev–Trinajstić information content (AvgIpc) is 2.91. The summed E-state index contributed by atoms with van der Waals surface area (Å²) in [4.78, 5) is 12.4. The van der Waals surface area contributed by atoms with E-state index in [1.165, 1.54) is 16.0 Å². The van der Waals surface area contributed by atoms with Crippen molar-refractivity contribution >= 4 is 41.3 Å². The van der Waals surface area contributed by atoms with Crippen LogP contribution in [0, 0.1) is 13.8 Å². The van der Waals surface area contributed by atoms with Crippen LogP contribution >= 0.6 is 35.3 Å². The van der Waals surface area contributed by atoms with Gasteiger partial charge >= 0.3 is 0 Å². The highest BCUT2D eigenvalue weighted by Crippen LogP contribution is 2.14. The first-order chi connectivity index (χ1) is 10.6. The van der Waals surface area contributed by atoms with Crippen molar-refractivity contribution in [1.29, 1.82) is 0 Å². The van der Waals surface area contributed by atoms with E-state index in [2.05, 4.69) is 60.4 Å². The minimum absolute atomic E-state index is 0. The number of nitrogens with one attached hydrogen (secondary N) is 1. The molecule has 0 atom stereocenters. The summed E-state index contributed by atoms with van der Waals surface area (Å²) in [6, 6.07) is 8.47. The highest BCUT2D eigenvalue weighted by molar-refractivity contribution is 14.0. The van der Waals surface area contributed by atoms with E-state index in [1.807, 2.05) is 12.4 Å². The topological polar surface area (TPSA) is 40.5 Å². The van der Waals surface area contributed by atoms with Gasteiger partial charge in [-0.15, -0.1) is 35.3 Å². The smallest absolute Gasteiger partial charge is 0.194 e. The molecule has 0 saturated heterocycles. The van der Waals surface area contributed by atoms with E-state index < -0.39 is 0 Å². The number of hydrogen-bond donors (Lipinski definition) is 1. The van der Waals surface area contributed by atoms with E-state index in [0.29, 0.717) is 6.54 Å². The first-order valence-corrected chi connectivity index (χ1v) is 8.42. The lowest BCUT2D eigenvalue weighted by atomic mass is 10.1. The Labute approximate surface area is 160 Å². The zero-order chi connectivity index (χ0) is 15.9. The van der Waals surface area contributed by atoms with Crippen molar-refractivity contribution in [3.63, 3.8) is 0 Å². The Kier molecular flexibility index (Phi) is 8.54. The summed E-state index contributed by atoms with van der Waals surface area (Å²) in [5.41, 5.74) is 5.59. The standard InChI is InChI=1S/C17H24N4S.HI/c1-5-18-17(19-10-16-14(3)20-12-22-16)21(4)11-15-9-7-6-8-13(15)2;/h6-9,12H,5,10-11H2,1-4H3,(H,18,19);1H. The highest BCUT2D eigenvalue weighted by atomic mass is 127. The van der Waals surface area contributed by atoms with Crippen LogP contribution in [0.4, 0.5) is 0 Å². The molecule has 0 spiro atoms. The van der Waals surface area contributed by atoms with Crippen molar-refractivity contribution in [3.05, 3.63) is 51.5 Å². The SMILES string of the molecule is CCNC(=NCc1scnc1C)N(C)Cc1ccccc1C.I. The van der Waals surface area contributed by atoms with Crippen LogP contribution in [0.5, 0.6) is 0 Å². The first-order valence-electron chi connectivity index (χ1n) is 7.54. The minimum Gasteiger partial charge on any atom is -0.357 e. The predicted octanol–water partition coefficient (Wildman–Crippen LogP) is 3.98. The van der Waals surface area contributed by atoms with Crippen molar-refractivity contribution in [1.82, 2.24) is 15.2 Å². The fraction of sp³-hybridized carbons (Fsp3) is 0.412. The summed E-state index contributed by atoms with van der Waals surface area (Å²) in [5, 5.41) is 3.36. The third-order valence-electron chi connectivity index (χ3n) is 3.58. The van der Waals surface area contributed by atoms with E-state index >= 15 is 0 Å². The highest BCUT2D eigenvalue weighted by Gasteiger charge is 2.08. The van der Waals surface area contributed by atoms with Gasteiger partial charge in [-0.05, 0) is 31.9 Å². The number of aliphatic imine (C=N–C) groups is 1. The van der Waals surface area contributed by atoms with Crippen LogP contribution in [-0.4, -0.2) is 29.4 Å². The summed E-state index contributed by atoms with van der Waals surface area (Å²) in [5.74, 6) is 0.929. The summed E-state index contributed by atoms with van der Waals surface area (Å²) in [6.45, 7) is 8.66. The quantitative estimate of drug-likeness (QED) is 0.431. The summed E-state index contributed by atoms with van der Waals surface area (Å²) < 4.78 is 0. The molecule has 4 nitrogen and oxygen atoms in total. The molecule has 0 saturated carbocycles. The summed E-state index contributed by atoms with van der Waals surface area (Å²) in [6.07, 6.45) is 0. The molecule has 0 aliphatic rings. The van der Waals surface area contributed by atoms with Gasteiger partial charge in [-0.2, -0.15) is 0 Å². The lowest BCUT2D eigenvalue weighted by molar-refractivity contribution is 0.475. The number of rotatable bonds is 5. The van der Waals surface area contributed by atoms with Gasteiger partial charge in [0.05, 0.1) is 17.7 Å². The van der Waals surface area contributed by atoms with Gasteiger partial charge in [0, 0.05) is 25.0 Å². The number of thiazole rings is 1. The van der Waals surface area contributed by atoms with Gasteiger partial charge in [0.15, 0.2) is 5.96 Å². The van der Waals surface area contributed by atoms with Crippen LogP contribution < -0.4 is 5.32 Å². The Morgan fingerprint density at radius 2 is 2.04 bits per heavy atom. The molecule has 2 aromatic rings. The molecule has 1 N–H and O–H groups in total. The molecule has 0 fully saturated rings. The number of benzene rings is 1. The molecule has 0 aliphatic heterocycles. The molecular formula is C17H25IN4S. The molecule has 0 amide bonds. The zero-order valence-electron chi connectivity index (χ0n) is 14.2. The molecule has 1 heterocycles. The van der Waals surface area contributed by atoms with Crippen molar-refractivity contribution in [2.75, 3.05) is 13.6 Å². The Balaban J connectivity index is 0.00000264. The van der Waals surface area contributed by atoms with E-state index in [0.717, 1.165) is 24.7 Å². The largest absolute Gasteiger partial charge is 0.357 e. The maximum atomic E-state index is 4.74. The first kappa shape index (κ1) is 19.9. The summed E-state index contributed by atoms with van der Waals surface area (Å²) >= 11 is 1.66. The maximum Gasteiger partial charge on any atom is 0.194 e. The van der Waals surface area contributed by atoms with E-state index in [4.69, 9.17) is 4.99 Å². The average molecular weight is 444 g/mol. The van der Waals surface area contributed by atoms with Gasteiger partial charge in [0.1, 0.15) is 0 Å².